The molecule has 1 atom stereocenters. The fourth-order valence-electron chi connectivity index (χ4n) is 7.53. The van der Waals surface area contributed by atoms with E-state index < -0.39 is 0 Å². The van der Waals surface area contributed by atoms with Gasteiger partial charge in [-0.3, -0.25) is 9.59 Å². The molecule has 1 unspecified atom stereocenters. The van der Waals surface area contributed by atoms with E-state index >= 15 is 0 Å². The van der Waals surface area contributed by atoms with Gasteiger partial charge in [-0.1, -0.05) is 252 Å². The lowest BCUT2D eigenvalue weighted by molar-refractivity contribution is -0.147. The van der Waals surface area contributed by atoms with Gasteiger partial charge >= 0.3 is 11.9 Å². The zero-order valence-corrected chi connectivity index (χ0v) is 36.6. The predicted molar refractivity (Wildman–Crippen MR) is 232 cm³/mol. The molecule has 53 heavy (non-hydrogen) atoms. The van der Waals surface area contributed by atoms with E-state index in [9.17, 15) is 9.59 Å². The molecule has 0 rings (SSSR count). The molecule has 0 fully saturated rings. The van der Waals surface area contributed by atoms with E-state index in [0.29, 0.717) is 26.1 Å². The van der Waals surface area contributed by atoms with Gasteiger partial charge in [0.25, 0.3) is 0 Å². The maximum atomic E-state index is 12.2. The van der Waals surface area contributed by atoms with E-state index in [2.05, 4.69) is 20.8 Å². The maximum absolute atomic E-state index is 12.2. The summed E-state index contributed by atoms with van der Waals surface area (Å²) in [7, 11) is 0. The van der Waals surface area contributed by atoms with Crippen LogP contribution in [0.15, 0.2) is 0 Å². The number of carbonyl (C=O) groups excluding carboxylic acids is 2. The summed E-state index contributed by atoms with van der Waals surface area (Å²) < 4.78 is 10.9. The van der Waals surface area contributed by atoms with Gasteiger partial charge in [-0.25, -0.2) is 0 Å². The first-order valence-corrected chi connectivity index (χ1v) is 24.4. The Kier molecular flexibility index (Phi) is 44.4. The third-order valence-electron chi connectivity index (χ3n) is 11.4. The minimum atomic E-state index is -0.0786. The van der Waals surface area contributed by atoms with Crippen LogP contribution >= 0.6 is 0 Å². The van der Waals surface area contributed by atoms with Crippen molar-refractivity contribution in [1.29, 1.82) is 0 Å². The highest BCUT2D eigenvalue weighted by Gasteiger charge is 2.10. The number of carbonyl (C=O) groups is 2. The van der Waals surface area contributed by atoms with Crippen LogP contribution in [0.2, 0.25) is 0 Å². The van der Waals surface area contributed by atoms with Crippen molar-refractivity contribution in [3.8, 4) is 0 Å². The van der Waals surface area contributed by atoms with Crippen LogP contribution < -0.4 is 0 Å². The molecule has 0 saturated carbocycles. The molecule has 0 N–H and O–H groups in total. The summed E-state index contributed by atoms with van der Waals surface area (Å²) in [5.74, 6) is 0.0578. The number of rotatable bonds is 45. The van der Waals surface area contributed by atoms with Crippen molar-refractivity contribution in [2.75, 3.05) is 13.2 Å². The van der Waals surface area contributed by atoms with Gasteiger partial charge < -0.3 is 9.47 Å². The van der Waals surface area contributed by atoms with Gasteiger partial charge in [0.05, 0.1) is 13.2 Å². The topological polar surface area (TPSA) is 52.6 Å². The number of ether oxygens (including phenoxy) is 2. The Labute approximate surface area is 333 Å². The summed E-state index contributed by atoms with van der Waals surface area (Å²) in [5.41, 5.74) is 0. The lowest BCUT2D eigenvalue weighted by atomic mass is 10.0. The predicted octanol–water partition coefficient (Wildman–Crippen LogP) is 16.7. The Morgan fingerprint density at radius 2 is 0.566 bits per heavy atom. The van der Waals surface area contributed by atoms with Gasteiger partial charge in [0.2, 0.25) is 0 Å². The van der Waals surface area contributed by atoms with Crippen LogP contribution in [0.25, 0.3) is 0 Å². The van der Waals surface area contributed by atoms with E-state index in [1.54, 1.807) is 0 Å². The summed E-state index contributed by atoms with van der Waals surface area (Å²) in [5, 5.41) is 0. The van der Waals surface area contributed by atoms with E-state index in [0.717, 1.165) is 32.1 Å². The number of hydrogen-bond acceptors (Lipinski definition) is 4. The molecule has 0 aliphatic carbocycles. The molecule has 0 heterocycles. The molecule has 4 heteroatoms. The van der Waals surface area contributed by atoms with Crippen LogP contribution in [0.3, 0.4) is 0 Å². The van der Waals surface area contributed by atoms with Crippen LogP contribution in [0.5, 0.6) is 0 Å². The monoisotopic (exact) mass is 749 g/mol. The highest BCUT2D eigenvalue weighted by molar-refractivity contribution is 5.69. The molecule has 0 aromatic carbocycles. The minimum Gasteiger partial charge on any atom is -0.466 e. The molecule has 0 bridgehead atoms. The van der Waals surface area contributed by atoms with Crippen molar-refractivity contribution in [3.63, 3.8) is 0 Å². The Bertz CT molecular complexity index is 721. The first-order chi connectivity index (χ1) is 26.1. The van der Waals surface area contributed by atoms with Crippen LogP contribution in [0.1, 0.15) is 284 Å². The Morgan fingerprint density at radius 3 is 0.830 bits per heavy atom. The Balaban J connectivity index is 3.33. The summed E-state index contributed by atoms with van der Waals surface area (Å²) in [4.78, 5) is 24.3. The van der Waals surface area contributed by atoms with Gasteiger partial charge in [-0.15, -0.1) is 0 Å². The standard InChI is InChI=1S/C49H96O4/c1-4-6-8-10-12-14-16-18-20-22-24-26-28-30-32-34-36-38-40-42-48(50)52-45-44-47(3)46-53-49(51)43-41-39-37-35-33-31-29-27-25-23-21-19-17-15-13-11-9-7-5-2/h47H,4-46H2,1-3H3. The third kappa shape index (κ3) is 45.2. The zero-order valence-electron chi connectivity index (χ0n) is 36.6. The molecule has 0 saturated heterocycles. The highest BCUT2D eigenvalue weighted by atomic mass is 16.5. The van der Waals surface area contributed by atoms with E-state index in [-0.39, 0.29) is 17.9 Å². The molecule has 0 spiro atoms. The fraction of sp³-hybridized carbons (Fsp3) is 0.959. The molecule has 0 amide bonds. The lowest BCUT2D eigenvalue weighted by Crippen LogP contribution is -2.15. The molecule has 0 aromatic heterocycles. The van der Waals surface area contributed by atoms with Crippen LogP contribution in [0.4, 0.5) is 0 Å². The second-order valence-corrected chi connectivity index (χ2v) is 17.0. The average molecular weight is 749 g/mol. The van der Waals surface area contributed by atoms with E-state index in [1.807, 2.05) is 0 Å². The van der Waals surface area contributed by atoms with Crippen molar-refractivity contribution in [2.24, 2.45) is 5.92 Å². The Hall–Kier alpha value is -1.06. The van der Waals surface area contributed by atoms with Crippen molar-refractivity contribution in [1.82, 2.24) is 0 Å². The molecular formula is C49H96O4. The van der Waals surface area contributed by atoms with E-state index in [1.165, 1.54) is 218 Å². The maximum Gasteiger partial charge on any atom is 0.305 e. The van der Waals surface area contributed by atoms with Gasteiger partial charge in [0.1, 0.15) is 0 Å². The fourth-order valence-corrected chi connectivity index (χ4v) is 7.53. The Morgan fingerprint density at radius 1 is 0.340 bits per heavy atom. The highest BCUT2D eigenvalue weighted by Crippen LogP contribution is 2.17. The first-order valence-electron chi connectivity index (χ1n) is 24.4. The van der Waals surface area contributed by atoms with E-state index in [4.69, 9.17) is 9.47 Å². The number of hydrogen-bond donors (Lipinski definition) is 0. The quantitative estimate of drug-likeness (QED) is 0.0460. The SMILES string of the molecule is CCCCCCCCCCCCCCCCCCCCCC(=O)OCCC(C)COC(=O)CCCCCCCCCCCCCCCCCCCCC. The summed E-state index contributed by atoms with van der Waals surface area (Å²) in [6, 6.07) is 0. The molecule has 0 radical (unpaired) electrons. The van der Waals surface area contributed by atoms with Crippen LogP contribution in [-0.4, -0.2) is 25.2 Å². The molecule has 316 valence electrons. The molecule has 0 aromatic rings. The molecule has 0 aliphatic rings. The lowest BCUT2D eigenvalue weighted by Gasteiger charge is -2.12. The van der Waals surface area contributed by atoms with Gasteiger partial charge in [0, 0.05) is 12.8 Å². The largest absolute Gasteiger partial charge is 0.466 e. The first kappa shape index (κ1) is 51.9. The average Bonchev–Trinajstić information content (AvgIpc) is 3.15. The van der Waals surface area contributed by atoms with Gasteiger partial charge in [-0.05, 0) is 25.2 Å². The minimum absolute atomic E-state index is 0.0782. The van der Waals surface area contributed by atoms with Crippen molar-refractivity contribution in [3.05, 3.63) is 0 Å². The second-order valence-electron chi connectivity index (χ2n) is 17.0. The normalized spacial score (nSPS) is 12.0. The number of esters is 2. The summed E-state index contributed by atoms with van der Waals surface area (Å²) in [6.45, 7) is 7.50. The van der Waals surface area contributed by atoms with Gasteiger partial charge in [-0.2, -0.15) is 0 Å². The summed E-state index contributed by atoms with van der Waals surface area (Å²) >= 11 is 0. The van der Waals surface area contributed by atoms with Crippen LogP contribution in [0, 0.1) is 5.92 Å². The van der Waals surface area contributed by atoms with Crippen molar-refractivity contribution >= 4 is 11.9 Å². The van der Waals surface area contributed by atoms with Gasteiger partial charge in [0.15, 0.2) is 0 Å². The zero-order chi connectivity index (χ0) is 38.6. The molecule has 4 nitrogen and oxygen atoms in total. The molecule has 0 aliphatic heterocycles. The van der Waals surface area contributed by atoms with Crippen LogP contribution in [-0.2, 0) is 19.1 Å². The molecular weight excluding hydrogens is 653 g/mol. The smallest absolute Gasteiger partial charge is 0.305 e. The summed E-state index contributed by atoms with van der Waals surface area (Å²) in [6.07, 6.45) is 53.4. The third-order valence-corrected chi connectivity index (χ3v) is 11.4. The second kappa shape index (κ2) is 45.3. The van der Waals surface area contributed by atoms with Crippen molar-refractivity contribution in [2.45, 2.75) is 284 Å². The number of unbranched alkanes of at least 4 members (excludes halogenated alkanes) is 36. The van der Waals surface area contributed by atoms with Crippen molar-refractivity contribution < 1.29 is 19.1 Å².